The number of alkyl halides is 3. The van der Waals surface area contributed by atoms with Gasteiger partial charge in [0.15, 0.2) is 0 Å². The van der Waals surface area contributed by atoms with E-state index in [1.54, 1.807) is 12.1 Å². The highest BCUT2D eigenvalue weighted by atomic mass is 19.4. The molecule has 4 heteroatoms. The molecule has 0 spiro atoms. The van der Waals surface area contributed by atoms with Crippen molar-refractivity contribution in [3.63, 3.8) is 0 Å². The topological polar surface area (TPSA) is 12.0 Å². The summed E-state index contributed by atoms with van der Waals surface area (Å²) in [6.07, 6.45) is -2.64. The summed E-state index contributed by atoms with van der Waals surface area (Å²) in [5.74, 6) is 0. The second-order valence-electron chi connectivity index (χ2n) is 6.54. The minimum Gasteiger partial charge on any atom is -0.310 e. The molecule has 0 aromatic heterocycles. The zero-order valence-electron chi connectivity index (χ0n) is 14.7. The molecule has 0 radical (unpaired) electrons. The summed E-state index contributed by atoms with van der Waals surface area (Å²) in [7, 11) is 0. The zero-order valence-corrected chi connectivity index (χ0v) is 14.7. The highest BCUT2D eigenvalue weighted by molar-refractivity contribution is 5.86. The van der Waals surface area contributed by atoms with Gasteiger partial charge in [0, 0.05) is 6.04 Å². The quantitative estimate of drug-likeness (QED) is 0.522. The van der Waals surface area contributed by atoms with E-state index in [2.05, 4.69) is 42.6 Å². The van der Waals surface area contributed by atoms with Gasteiger partial charge in [-0.15, -0.1) is 0 Å². The molecule has 1 nitrogen and oxygen atoms in total. The first-order valence-corrected chi connectivity index (χ1v) is 8.82. The Labute approximate surface area is 151 Å². The van der Waals surface area contributed by atoms with Crippen molar-refractivity contribution in [2.45, 2.75) is 32.0 Å². The first-order valence-electron chi connectivity index (χ1n) is 8.82. The Morgan fingerprint density at radius 3 is 2.31 bits per heavy atom. The molecule has 0 aliphatic carbocycles. The van der Waals surface area contributed by atoms with Crippen molar-refractivity contribution in [1.82, 2.24) is 5.32 Å². The van der Waals surface area contributed by atoms with Crippen LogP contribution in [0.3, 0.4) is 0 Å². The van der Waals surface area contributed by atoms with E-state index in [4.69, 9.17) is 0 Å². The van der Waals surface area contributed by atoms with Gasteiger partial charge in [-0.25, -0.2) is 0 Å². The Kier molecular flexibility index (Phi) is 5.62. The van der Waals surface area contributed by atoms with E-state index in [0.29, 0.717) is 0 Å². The lowest BCUT2D eigenvalue weighted by atomic mass is 9.99. The number of hydrogen-bond donors (Lipinski definition) is 1. The molecule has 0 aliphatic rings. The SMILES string of the molecule is C[C@H](NCCCc1ccc(C(F)(F)F)cc1)c1cccc2ccccc12. The fraction of sp³-hybridized carbons (Fsp3) is 0.273. The molecular formula is C22H22F3N. The number of rotatable bonds is 6. The predicted molar refractivity (Wildman–Crippen MR) is 100 cm³/mol. The van der Waals surface area contributed by atoms with Crippen molar-refractivity contribution < 1.29 is 13.2 Å². The van der Waals surface area contributed by atoms with Crippen LogP contribution >= 0.6 is 0 Å². The van der Waals surface area contributed by atoms with Crippen LogP contribution in [-0.4, -0.2) is 6.54 Å². The van der Waals surface area contributed by atoms with Crippen LogP contribution in [0.1, 0.15) is 36.1 Å². The second kappa shape index (κ2) is 7.92. The van der Waals surface area contributed by atoms with Gasteiger partial charge in [0.1, 0.15) is 0 Å². The Morgan fingerprint density at radius 2 is 1.58 bits per heavy atom. The van der Waals surface area contributed by atoms with Crippen molar-refractivity contribution in [1.29, 1.82) is 0 Å². The third-order valence-corrected chi connectivity index (χ3v) is 4.66. The lowest BCUT2D eigenvalue weighted by Gasteiger charge is -2.16. The van der Waals surface area contributed by atoms with Crippen LogP contribution in [0.15, 0.2) is 66.7 Å². The minimum absolute atomic E-state index is 0.216. The molecule has 1 N–H and O–H groups in total. The molecule has 0 heterocycles. The number of nitrogens with one attached hydrogen (secondary N) is 1. The van der Waals surface area contributed by atoms with Gasteiger partial charge in [0.2, 0.25) is 0 Å². The average molecular weight is 357 g/mol. The predicted octanol–water partition coefficient (Wildman–Crippen LogP) is 6.14. The van der Waals surface area contributed by atoms with Crippen molar-refractivity contribution >= 4 is 10.8 Å². The van der Waals surface area contributed by atoms with Crippen molar-refractivity contribution in [3.05, 3.63) is 83.4 Å². The maximum absolute atomic E-state index is 12.6. The van der Waals surface area contributed by atoms with E-state index >= 15 is 0 Å². The lowest BCUT2D eigenvalue weighted by molar-refractivity contribution is -0.137. The third-order valence-electron chi connectivity index (χ3n) is 4.66. The van der Waals surface area contributed by atoms with Gasteiger partial charge >= 0.3 is 6.18 Å². The molecule has 26 heavy (non-hydrogen) atoms. The van der Waals surface area contributed by atoms with E-state index in [-0.39, 0.29) is 6.04 Å². The van der Waals surface area contributed by atoms with Crippen LogP contribution in [0.5, 0.6) is 0 Å². The normalized spacial score (nSPS) is 13.1. The smallest absolute Gasteiger partial charge is 0.310 e. The van der Waals surface area contributed by atoms with Gasteiger partial charge in [-0.1, -0.05) is 54.6 Å². The molecule has 3 aromatic rings. The second-order valence-corrected chi connectivity index (χ2v) is 6.54. The molecule has 136 valence electrons. The van der Waals surface area contributed by atoms with Crippen LogP contribution in [0.25, 0.3) is 10.8 Å². The summed E-state index contributed by atoms with van der Waals surface area (Å²) >= 11 is 0. The van der Waals surface area contributed by atoms with E-state index < -0.39 is 11.7 Å². The van der Waals surface area contributed by atoms with Crippen LogP contribution < -0.4 is 5.32 Å². The molecule has 0 bridgehead atoms. The molecule has 3 aromatic carbocycles. The van der Waals surface area contributed by atoms with Gasteiger partial charge in [0.05, 0.1) is 5.56 Å². The number of benzene rings is 3. The summed E-state index contributed by atoms with van der Waals surface area (Å²) in [5.41, 5.74) is 1.60. The van der Waals surface area contributed by atoms with Crippen LogP contribution in [0.4, 0.5) is 13.2 Å². The van der Waals surface area contributed by atoms with Crippen LogP contribution in [-0.2, 0) is 12.6 Å². The van der Waals surface area contributed by atoms with E-state index in [0.717, 1.165) is 37.1 Å². The number of halogens is 3. The average Bonchev–Trinajstić information content (AvgIpc) is 2.64. The van der Waals surface area contributed by atoms with Crippen LogP contribution in [0, 0.1) is 0 Å². The van der Waals surface area contributed by atoms with Gasteiger partial charge in [-0.05, 0) is 60.3 Å². The Bertz CT molecular complexity index is 848. The highest BCUT2D eigenvalue weighted by Gasteiger charge is 2.29. The highest BCUT2D eigenvalue weighted by Crippen LogP contribution is 2.29. The fourth-order valence-corrected chi connectivity index (χ4v) is 3.21. The summed E-state index contributed by atoms with van der Waals surface area (Å²) < 4.78 is 37.7. The standard InChI is InChI=1S/C22H22F3N/c1-16(20-10-4-8-18-7-2-3-9-21(18)20)26-15-5-6-17-11-13-19(14-12-17)22(23,24)25/h2-4,7-14,16,26H,5-6,15H2,1H3/t16-/m0/s1. The van der Waals surface area contributed by atoms with Crippen molar-refractivity contribution in [2.24, 2.45) is 0 Å². The van der Waals surface area contributed by atoms with Gasteiger partial charge in [-0.3, -0.25) is 0 Å². The molecule has 1 atom stereocenters. The molecule has 0 aliphatic heterocycles. The lowest BCUT2D eigenvalue weighted by Crippen LogP contribution is -2.20. The van der Waals surface area contributed by atoms with Crippen molar-refractivity contribution in [3.8, 4) is 0 Å². The molecule has 0 unspecified atom stereocenters. The first-order chi connectivity index (χ1) is 12.4. The molecule has 0 fully saturated rings. The summed E-state index contributed by atoms with van der Waals surface area (Å²) in [4.78, 5) is 0. The van der Waals surface area contributed by atoms with Crippen molar-refractivity contribution in [2.75, 3.05) is 6.54 Å². The zero-order chi connectivity index (χ0) is 18.6. The molecular weight excluding hydrogens is 335 g/mol. The van der Waals surface area contributed by atoms with E-state index in [1.165, 1.54) is 16.3 Å². The number of hydrogen-bond acceptors (Lipinski definition) is 1. The monoisotopic (exact) mass is 357 g/mol. The summed E-state index contributed by atoms with van der Waals surface area (Å²) in [6.45, 7) is 2.95. The Hall–Kier alpha value is -2.33. The summed E-state index contributed by atoms with van der Waals surface area (Å²) in [6, 6.07) is 20.3. The number of aryl methyl sites for hydroxylation is 1. The van der Waals surface area contributed by atoms with Crippen LogP contribution in [0.2, 0.25) is 0 Å². The van der Waals surface area contributed by atoms with E-state index in [9.17, 15) is 13.2 Å². The van der Waals surface area contributed by atoms with Gasteiger partial charge < -0.3 is 5.32 Å². The maximum atomic E-state index is 12.6. The first kappa shape index (κ1) is 18.5. The maximum Gasteiger partial charge on any atom is 0.416 e. The Balaban J connectivity index is 1.53. The van der Waals surface area contributed by atoms with Gasteiger partial charge in [-0.2, -0.15) is 13.2 Å². The largest absolute Gasteiger partial charge is 0.416 e. The van der Waals surface area contributed by atoms with E-state index in [1.807, 2.05) is 12.1 Å². The molecule has 3 rings (SSSR count). The third kappa shape index (κ3) is 4.44. The molecule has 0 amide bonds. The van der Waals surface area contributed by atoms with Gasteiger partial charge in [0.25, 0.3) is 0 Å². The molecule has 0 saturated heterocycles. The molecule has 0 saturated carbocycles. The fourth-order valence-electron chi connectivity index (χ4n) is 3.21. The number of fused-ring (bicyclic) bond motifs is 1. The minimum atomic E-state index is -4.27. The Morgan fingerprint density at radius 1 is 0.885 bits per heavy atom. The summed E-state index contributed by atoms with van der Waals surface area (Å²) in [5, 5.41) is 5.99.